The first-order valence-corrected chi connectivity index (χ1v) is 13.4. The molecule has 2 aromatic rings. The SMILES string of the molecule is O=C1[C@@H]2[C@@H](C(=O)N1/N=C\c1cc(I)c(OCc3ccc(Cl)cc3)c(I)c1)[C@H]1C=C[C@H]2C12CC2. The fourth-order valence-electron chi connectivity index (χ4n) is 5.83. The van der Waals surface area contributed by atoms with E-state index in [9.17, 15) is 9.59 Å². The van der Waals surface area contributed by atoms with Gasteiger partial charge < -0.3 is 4.74 Å². The highest BCUT2D eigenvalue weighted by Crippen LogP contribution is 2.73. The number of hydrazone groups is 1. The summed E-state index contributed by atoms with van der Waals surface area (Å²) < 4.78 is 7.91. The zero-order valence-electron chi connectivity index (χ0n) is 17.4. The molecule has 1 spiro atoms. The van der Waals surface area contributed by atoms with Crippen molar-refractivity contribution in [3.8, 4) is 5.75 Å². The smallest absolute Gasteiger partial charge is 0.254 e. The normalized spacial score (nSPS) is 28.4. The quantitative estimate of drug-likeness (QED) is 0.177. The van der Waals surface area contributed by atoms with E-state index in [1.807, 2.05) is 36.4 Å². The standard InChI is InChI=1S/C25H19ClI2N2O3/c26-15-3-1-13(2-4-15)12-33-22-18(27)9-14(10-19(22)28)11-29-30-23(31)20-16-5-6-17(21(20)24(30)32)25(16)7-8-25/h1-6,9-11,16-17,20-21H,7-8,12H2/b29-11-/t16-,17-,20+,21+/m1/s1. The number of ether oxygens (including phenoxy) is 1. The summed E-state index contributed by atoms with van der Waals surface area (Å²) in [6, 6.07) is 11.5. The van der Waals surface area contributed by atoms with Crippen LogP contribution in [0.15, 0.2) is 53.7 Å². The molecule has 5 nitrogen and oxygen atoms in total. The van der Waals surface area contributed by atoms with E-state index in [1.54, 1.807) is 6.21 Å². The molecule has 3 fully saturated rings. The summed E-state index contributed by atoms with van der Waals surface area (Å²) in [7, 11) is 0. The Morgan fingerprint density at radius 1 is 1.03 bits per heavy atom. The number of nitrogens with zero attached hydrogens (tertiary/aromatic N) is 2. The number of benzene rings is 2. The van der Waals surface area contributed by atoms with Gasteiger partial charge in [-0.25, -0.2) is 0 Å². The summed E-state index contributed by atoms with van der Waals surface area (Å²) >= 11 is 10.4. The number of carbonyl (C=O) groups is 2. The highest BCUT2D eigenvalue weighted by molar-refractivity contribution is 14.1. The van der Waals surface area contributed by atoms with E-state index in [2.05, 4.69) is 62.4 Å². The molecular formula is C25H19ClI2N2O3. The van der Waals surface area contributed by atoms with Crippen molar-refractivity contribution in [1.82, 2.24) is 5.01 Å². The van der Waals surface area contributed by atoms with E-state index in [-0.39, 0.29) is 40.9 Å². The zero-order valence-corrected chi connectivity index (χ0v) is 22.5. The fourth-order valence-corrected chi connectivity index (χ4v) is 8.08. The average molecular weight is 685 g/mol. The first-order chi connectivity index (χ1) is 15.9. The Balaban J connectivity index is 1.18. The van der Waals surface area contributed by atoms with Gasteiger partial charge in [0.05, 0.1) is 25.2 Å². The van der Waals surface area contributed by atoms with Crippen LogP contribution >= 0.6 is 56.8 Å². The summed E-state index contributed by atoms with van der Waals surface area (Å²) in [4.78, 5) is 26.2. The van der Waals surface area contributed by atoms with Crippen LogP contribution in [0.3, 0.4) is 0 Å². The van der Waals surface area contributed by atoms with Crippen molar-refractivity contribution in [3.05, 3.63) is 71.8 Å². The lowest BCUT2D eigenvalue weighted by atomic mass is 9.85. The minimum Gasteiger partial charge on any atom is -0.487 e. The van der Waals surface area contributed by atoms with Crippen molar-refractivity contribution in [1.29, 1.82) is 0 Å². The number of allylic oxidation sites excluding steroid dienone is 2. The van der Waals surface area contributed by atoms with Gasteiger partial charge in [-0.15, -0.1) is 0 Å². The second-order valence-corrected chi connectivity index (χ2v) is 11.9. The molecule has 2 aromatic carbocycles. The molecule has 0 unspecified atom stereocenters. The average Bonchev–Trinajstić information content (AvgIpc) is 3.39. The molecule has 4 atom stereocenters. The predicted octanol–water partition coefficient (Wildman–Crippen LogP) is 5.66. The second kappa shape index (κ2) is 8.05. The number of amides is 2. The van der Waals surface area contributed by atoms with Crippen LogP contribution < -0.4 is 4.74 Å². The van der Waals surface area contributed by atoms with Crippen LogP contribution in [0.4, 0.5) is 0 Å². The Bertz CT molecular complexity index is 1180. The number of hydrogen-bond donors (Lipinski definition) is 0. The molecule has 1 heterocycles. The van der Waals surface area contributed by atoms with Gasteiger partial charge in [0.2, 0.25) is 0 Å². The third-order valence-electron chi connectivity index (χ3n) is 7.47. The third-order valence-corrected chi connectivity index (χ3v) is 9.32. The minimum absolute atomic E-state index is 0.142. The number of hydrogen-bond acceptors (Lipinski definition) is 4. The number of rotatable bonds is 5. The van der Waals surface area contributed by atoms with Crippen molar-refractivity contribution in [2.45, 2.75) is 19.4 Å². The van der Waals surface area contributed by atoms with Crippen LogP contribution in [0, 0.1) is 36.2 Å². The second-order valence-electron chi connectivity index (χ2n) is 9.18. The van der Waals surface area contributed by atoms with Crippen molar-refractivity contribution >= 4 is 74.8 Å². The number of fused-ring (bicyclic) bond motifs is 3. The molecule has 0 N–H and O–H groups in total. The maximum Gasteiger partial charge on any atom is 0.254 e. The zero-order chi connectivity index (χ0) is 22.9. The molecule has 33 heavy (non-hydrogen) atoms. The number of carbonyl (C=O) groups excluding carboxylic acids is 2. The predicted molar refractivity (Wildman–Crippen MR) is 142 cm³/mol. The van der Waals surface area contributed by atoms with Gasteiger partial charge in [0, 0.05) is 5.02 Å². The highest BCUT2D eigenvalue weighted by Gasteiger charge is 2.73. The van der Waals surface area contributed by atoms with Gasteiger partial charge in [-0.2, -0.15) is 10.1 Å². The van der Waals surface area contributed by atoms with Crippen LogP contribution in [0.5, 0.6) is 5.75 Å². The molecule has 3 aliphatic carbocycles. The maximum atomic E-state index is 13.1. The summed E-state index contributed by atoms with van der Waals surface area (Å²) in [5.74, 6) is 0.482. The molecule has 1 saturated heterocycles. The Labute approximate surface area is 223 Å². The van der Waals surface area contributed by atoms with E-state index in [0.717, 1.165) is 41.9 Å². The highest BCUT2D eigenvalue weighted by atomic mass is 127. The van der Waals surface area contributed by atoms with Gasteiger partial charge in [-0.05, 0) is 111 Å². The molecule has 2 saturated carbocycles. The molecule has 0 radical (unpaired) electrons. The Morgan fingerprint density at radius 3 is 2.15 bits per heavy atom. The van der Waals surface area contributed by atoms with E-state index < -0.39 is 0 Å². The number of imide groups is 1. The molecule has 8 heteroatoms. The molecular weight excluding hydrogens is 666 g/mol. The first-order valence-electron chi connectivity index (χ1n) is 10.9. The van der Waals surface area contributed by atoms with Gasteiger partial charge in [0.25, 0.3) is 11.8 Å². The maximum absolute atomic E-state index is 13.1. The van der Waals surface area contributed by atoms with Crippen LogP contribution in [0.1, 0.15) is 24.0 Å². The van der Waals surface area contributed by atoms with Crippen LogP contribution in [-0.2, 0) is 16.2 Å². The lowest BCUT2D eigenvalue weighted by Gasteiger charge is -2.18. The van der Waals surface area contributed by atoms with Crippen molar-refractivity contribution in [3.63, 3.8) is 0 Å². The van der Waals surface area contributed by atoms with Crippen molar-refractivity contribution in [2.24, 2.45) is 34.2 Å². The fraction of sp³-hybridized carbons (Fsp3) is 0.320. The molecule has 168 valence electrons. The van der Waals surface area contributed by atoms with Gasteiger partial charge in [-0.3, -0.25) is 9.59 Å². The van der Waals surface area contributed by atoms with Gasteiger partial charge in [-0.1, -0.05) is 35.9 Å². The van der Waals surface area contributed by atoms with Crippen LogP contribution in [0.25, 0.3) is 0 Å². The van der Waals surface area contributed by atoms with Crippen molar-refractivity contribution < 1.29 is 14.3 Å². The molecule has 2 bridgehead atoms. The molecule has 4 aliphatic rings. The first kappa shape index (κ1) is 22.0. The summed E-state index contributed by atoms with van der Waals surface area (Å²) in [5.41, 5.74) is 2.05. The largest absolute Gasteiger partial charge is 0.487 e. The third kappa shape index (κ3) is 3.48. The lowest BCUT2D eigenvalue weighted by Crippen LogP contribution is -2.30. The van der Waals surface area contributed by atoms with Crippen molar-refractivity contribution in [2.75, 3.05) is 0 Å². The van der Waals surface area contributed by atoms with E-state index in [0.29, 0.717) is 11.6 Å². The molecule has 6 rings (SSSR count). The Hall–Kier alpha value is -1.46. The monoisotopic (exact) mass is 684 g/mol. The van der Waals surface area contributed by atoms with E-state index in [1.165, 1.54) is 0 Å². The Kier molecular flexibility index (Phi) is 5.37. The van der Waals surface area contributed by atoms with Crippen LogP contribution in [0.2, 0.25) is 5.02 Å². The molecule has 2 amide bonds. The topological polar surface area (TPSA) is 59.0 Å². The Morgan fingerprint density at radius 2 is 1.61 bits per heavy atom. The molecule has 0 aromatic heterocycles. The van der Waals surface area contributed by atoms with Gasteiger partial charge >= 0.3 is 0 Å². The summed E-state index contributed by atoms with van der Waals surface area (Å²) in [6.45, 7) is 0.439. The molecule has 1 aliphatic heterocycles. The minimum atomic E-state index is -0.226. The lowest BCUT2D eigenvalue weighted by molar-refractivity contribution is -0.141. The summed E-state index contributed by atoms with van der Waals surface area (Å²) in [6.07, 6.45) is 8.22. The number of halogens is 3. The van der Waals surface area contributed by atoms with E-state index >= 15 is 0 Å². The van der Waals surface area contributed by atoms with Crippen LogP contribution in [-0.4, -0.2) is 23.0 Å². The summed E-state index contributed by atoms with van der Waals surface area (Å²) in [5, 5.41) is 6.15. The van der Waals surface area contributed by atoms with Gasteiger partial charge in [0.15, 0.2) is 0 Å². The van der Waals surface area contributed by atoms with E-state index in [4.69, 9.17) is 16.3 Å². The van der Waals surface area contributed by atoms with Gasteiger partial charge in [0.1, 0.15) is 12.4 Å².